The fraction of sp³-hybridized carbons (Fsp3) is 0.160. The number of hydrogen-bond donors (Lipinski definition) is 2. The maximum Gasteiger partial charge on any atom is 0.147 e. The summed E-state index contributed by atoms with van der Waals surface area (Å²) in [7, 11) is 0. The van der Waals surface area contributed by atoms with E-state index in [4.69, 9.17) is 0 Å². The maximum atomic E-state index is 14.1. The lowest BCUT2D eigenvalue weighted by atomic mass is 10.0. The fourth-order valence-corrected chi connectivity index (χ4v) is 3.82. The van der Waals surface area contributed by atoms with Crippen LogP contribution in [0.5, 0.6) is 0 Å². The predicted molar refractivity (Wildman–Crippen MR) is 118 cm³/mol. The Hall–Kier alpha value is -3.40. The van der Waals surface area contributed by atoms with E-state index in [9.17, 15) is 4.39 Å². The van der Waals surface area contributed by atoms with Gasteiger partial charge >= 0.3 is 0 Å². The summed E-state index contributed by atoms with van der Waals surface area (Å²) in [5, 5.41) is 4.42. The number of halogens is 1. The summed E-state index contributed by atoms with van der Waals surface area (Å²) in [5.41, 5.74) is 7.96. The van der Waals surface area contributed by atoms with Crippen molar-refractivity contribution in [1.29, 1.82) is 0 Å². The number of fused-ring (bicyclic) bond motifs is 1. The Bertz CT molecular complexity index is 1180. The summed E-state index contributed by atoms with van der Waals surface area (Å²) >= 11 is 0. The van der Waals surface area contributed by atoms with Gasteiger partial charge in [-0.3, -0.25) is 4.98 Å². The average Bonchev–Trinajstić information content (AvgIpc) is 3.09. The molecule has 4 rings (SSSR count). The normalized spacial score (nSPS) is 11.0. The smallest absolute Gasteiger partial charge is 0.147 e. The van der Waals surface area contributed by atoms with Gasteiger partial charge in [-0.25, -0.2) is 4.39 Å². The summed E-state index contributed by atoms with van der Waals surface area (Å²) in [5.74, 6) is -0.204. The van der Waals surface area contributed by atoms with Crippen molar-refractivity contribution in [1.82, 2.24) is 15.3 Å². The second-order valence-corrected chi connectivity index (χ2v) is 7.32. The number of hydrogen-bond acceptors (Lipinski definition) is 2. The van der Waals surface area contributed by atoms with Crippen LogP contribution in [-0.2, 0) is 6.42 Å². The van der Waals surface area contributed by atoms with Gasteiger partial charge < -0.3 is 10.3 Å². The van der Waals surface area contributed by atoms with Crippen LogP contribution in [0.25, 0.3) is 27.7 Å². The van der Waals surface area contributed by atoms with Gasteiger partial charge in [-0.05, 0) is 60.7 Å². The molecule has 29 heavy (non-hydrogen) atoms. The number of rotatable bonds is 6. The molecule has 0 unspecified atom stereocenters. The molecule has 0 bridgehead atoms. The standard InChI is InChI=1S/C25H24FN3/c1-16-9-10-23(26)25-24(16)22(18(3)29-25)11-13-28-17(2)19-6-4-7-20(14-19)21-8-5-12-27-15-21/h4-10,12,14-15,28-29H,2,11,13H2,1,3H3. The van der Waals surface area contributed by atoms with Gasteiger partial charge in [-0.15, -0.1) is 0 Å². The third-order valence-electron chi connectivity index (χ3n) is 5.35. The number of benzene rings is 2. The number of aromatic nitrogens is 2. The van der Waals surface area contributed by atoms with E-state index in [2.05, 4.69) is 34.0 Å². The molecule has 3 nitrogen and oxygen atoms in total. The van der Waals surface area contributed by atoms with Crippen LogP contribution in [0.2, 0.25) is 0 Å². The largest absolute Gasteiger partial charge is 0.385 e. The van der Waals surface area contributed by atoms with Gasteiger partial charge in [0.15, 0.2) is 0 Å². The first kappa shape index (κ1) is 18.9. The fourth-order valence-electron chi connectivity index (χ4n) is 3.82. The topological polar surface area (TPSA) is 40.7 Å². The highest BCUT2D eigenvalue weighted by Gasteiger charge is 2.13. The Kier molecular flexibility index (Phi) is 5.17. The Labute approximate surface area is 170 Å². The molecule has 0 aliphatic rings. The van der Waals surface area contributed by atoms with Gasteiger partial charge in [0.1, 0.15) is 5.82 Å². The minimum Gasteiger partial charge on any atom is -0.385 e. The van der Waals surface area contributed by atoms with Crippen molar-refractivity contribution in [3.05, 3.63) is 95.7 Å². The molecular formula is C25H24FN3. The highest BCUT2D eigenvalue weighted by atomic mass is 19.1. The molecule has 146 valence electrons. The van der Waals surface area contributed by atoms with Gasteiger partial charge in [0.2, 0.25) is 0 Å². The Morgan fingerprint density at radius 2 is 1.93 bits per heavy atom. The zero-order valence-corrected chi connectivity index (χ0v) is 16.7. The number of nitrogens with one attached hydrogen (secondary N) is 2. The van der Waals surface area contributed by atoms with Crippen molar-refractivity contribution >= 4 is 16.6 Å². The summed E-state index contributed by atoms with van der Waals surface area (Å²) in [4.78, 5) is 7.39. The molecule has 4 aromatic rings. The zero-order valence-electron chi connectivity index (χ0n) is 16.7. The molecule has 2 aromatic heterocycles. The van der Waals surface area contributed by atoms with Crippen LogP contribution in [-0.4, -0.2) is 16.5 Å². The summed E-state index contributed by atoms with van der Waals surface area (Å²) in [6.45, 7) is 8.95. The van der Waals surface area contributed by atoms with Crippen molar-refractivity contribution in [2.45, 2.75) is 20.3 Å². The first-order valence-corrected chi connectivity index (χ1v) is 9.74. The van der Waals surface area contributed by atoms with E-state index < -0.39 is 0 Å². The van der Waals surface area contributed by atoms with Crippen molar-refractivity contribution in [3.63, 3.8) is 0 Å². The predicted octanol–water partition coefficient (Wildman–Crippen LogP) is 5.79. The average molecular weight is 385 g/mol. The van der Waals surface area contributed by atoms with Gasteiger partial charge in [0.05, 0.1) is 5.52 Å². The quantitative estimate of drug-likeness (QED) is 0.441. The lowest BCUT2D eigenvalue weighted by molar-refractivity contribution is 0.637. The number of aromatic amines is 1. The monoisotopic (exact) mass is 385 g/mol. The van der Waals surface area contributed by atoms with Crippen molar-refractivity contribution in [3.8, 4) is 11.1 Å². The SMILES string of the molecule is C=C(NCCc1c(C)[nH]c2c(F)ccc(C)c12)c1cccc(-c2cccnc2)c1. The molecule has 0 spiro atoms. The van der Waals surface area contributed by atoms with Gasteiger partial charge in [0, 0.05) is 41.3 Å². The first-order chi connectivity index (χ1) is 14.0. The van der Waals surface area contributed by atoms with Gasteiger partial charge in [-0.1, -0.05) is 36.9 Å². The molecule has 0 saturated carbocycles. The van der Waals surface area contributed by atoms with Crippen LogP contribution in [0.3, 0.4) is 0 Å². The van der Waals surface area contributed by atoms with E-state index in [1.165, 1.54) is 6.07 Å². The van der Waals surface area contributed by atoms with E-state index in [-0.39, 0.29) is 5.82 Å². The molecule has 0 fully saturated rings. The van der Waals surface area contributed by atoms with Crippen LogP contribution in [0.4, 0.5) is 4.39 Å². The molecule has 0 aliphatic heterocycles. The van der Waals surface area contributed by atoms with E-state index >= 15 is 0 Å². The Balaban J connectivity index is 1.48. The second kappa shape index (κ2) is 7.92. The lowest BCUT2D eigenvalue weighted by Crippen LogP contribution is -2.15. The minimum absolute atomic E-state index is 0.204. The molecule has 2 N–H and O–H groups in total. The van der Waals surface area contributed by atoms with Gasteiger partial charge in [0.25, 0.3) is 0 Å². The van der Waals surface area contributed by atoms with Crippen molar-refractivity contribution in [2.75, 3.05) is 6.54 Å². The molecule has 2 aromatic carbocycles. The van der Waals surface area contributed by atoms with Gasteiger partial charge in [-0.2, -0.15) is 0 Å². The number of aryl methyl sites for hydroxylation is 2. The van der Waals surface area contributed by atoms with E-state index in [0.717, 1.165) is 57.6 Å². The van der Waals surface area contributed by atoms with Crippen LogP contribution >= 0.6 is 0 Å². The van der Waals surface area contributed by atoms with Crippen LogP contribution in [0.15, 0.2) is 67.5 Å². The zero-order chi connectivity index (χ0) is 20.4. The Morgan fingerprint density at radius 3 is 2.72 bits per heavy atom. The number of pyridine rings is 1. The number of H-pyrrole nitrogens is 1. The molecule has 0 amide bonds. The molecule has 0 saturated heterocycles. The molecular weight excluding hydrogens is 361 g/mol. The summed E-state index contributed by atoms with van der Waals surface area (Å²) in [6, 6.07) is 15.6. The van der Waals surface area contributed by atoms with Crippen molar-refractivity contribution in [2.24, 2.45) is 0 Å². The van der Waals surface area contributed by atoms with Crippen LogP contribution in [0, 0.1) is 19.7 Å². The molecule has 0 radical (unpaired) electrons. The van der Waals surface area contributed by atoms with E-state index in [1.807, 2.05) is 50.4 Å². The summed E-state index contributed by atoms with van der Waals surface area (Å²) in [6.07, 6.45) is 4.42. The molecule has 0 atom stereocenters. The van der Waals surface area contributed by atoms with Crippen LogP contribution < -0.4 is 5.32 Å². The third kappa shape index (κ3) is 3.79. The molecule has 2 heterocycles. The van der Waals surface area contributed by atoms with Crippen LogP contribution in [0.1, 0.15) is 22.4 Å². The minimum atomic E-state index is -0.204. The summed E-state index contributed by atoms with van der Waals surface area (Å²) < 4.78 is 14.1. The second-order valence-electron chi connectivity index (χ2n) is 7.32. The van der Waals surface area contributed by atoms with E-state index in [0.29, 0.717) is 5.52 Å². The van der Waals surface area contributed by atoms with Crippen molar-refractivity contribution < 1.29 is 4.39 Å². The Morgan fingerprint density at radius 1 is 1.10 bits per heavy atom. The number of nitrogens with zero attached hydrogens (tertiary/aromatic N) is 1. The molecule has 4 heteroatoms. The third-order valence-corrected chi connectivity index (χ3v) is 5.35. The maximum absolute atomic E-state index is 14.1. The first-order valence-electron chi connectivity index (χ1n) is 9.74. The molecule has 0 aliphatic carbocycles. The highest BCUT2D eigenvalue weighted by molar-refractivity contribution is 5.88. The van der Waals surface area contributed by atoms with E-state index in [1.54, 1.807) is 6.20 Å². The lowest BCUT2D eigenvalue weighted by Gasteiger charge is -2.12. The highest BCUT2D eigenvalue weighted by Crippen LogP contribution is 2.28.